The van der Waals surface area contributed by atoms with E-state index in [4.69, 9.17) is 11.6 Å². The second-order valence-electron chi connectivity index (χ2n) is 2.48. The molecular formula is C6H12ClN3O. The summed E-state index contributed by atoms with van der Waals surface area (Å²) in [6, 6.07) is 0. The predicted molar refractivity (Wildman–Crippen MR) is 43.5 cm³/mol. The number of nitrogens with one attached hydrogen (secondary N) is 1. The zero-order valence-corrected chi connectivity index (χ0v) is 7.26. The number of carbonyl (C=O) groups excluding carboxylic acids is 1. The summed E-state index contributed by atoms with van der Waals surface area (Å²) in [6.07, 6.45) is 0. The first-order valence-corrected chi connectivity index (χ1v) is 3.98. The van der Waals surface area contributed by atoms with E-state index in [1.807, 2.05) is 5.01 Å². The Morgan fingerprint density at radius 3 is 2.55 bits per heavy atom. The highest BCUT2D eigenvalue weighted by atomic mass is 35.5. The quantitative estimate of drug-likeness (QED) is 0.456. The molecule has 0 aromatic heterocycles. The van der Waals surface area contributed by atoms with E-state index in [0.717, 1.165) is 26.2 Å². The standard InChI is InChI=1S/C6H12ClN3O/c1-9(6(7)11)10-4-2-8-3-5-10/h8H,2-5H2,1H3. The highest BCUT2D eigenvalue weighted by Gasteiger charge is 2.16. The topological polar surface area (TPSA) is 35.6 Å². The van der Waals surface area contributed by atoms with Crippen molar-refractivity contribution < 1.29 is 4.79 Å². The van der Waals surface area contributed by atoms with E-state index in [9.17, 15) is 4.79 Å². The lowest BCUT2D eigenvalue weighted by Gasteiger charge is -2.33. The first-order chi connectivity index (χ1) is 5.22. The molecule has 0 aliphatic carbocycles. The minimum Gasteiger partial charge on any atom is -0.314 e. The van der Waals surface area contributed by atoms with Gasteiger partial charge in [-0.1, -0.05) is 0 Å². The number of hydrazine groups is 1. The summed E-state index contributed by atoms with van der Waals surface area (Å²) in [5, 5.41) is 6.13. The summed E-state index contributed by atoms with van der Waals surface area (Å²) in [5.41, 5.74) is 0. The van der Waals surface area contributed by atoms with Crippen molar-refractivity contribution >= 4 is 17.0 Å². The van der Waals surface area contributed by atoms with E-state index in [1.165, 1.54) is 5.01 Å². The van der Waals surface area contributed by atoms with Crippen LogP contribution < -0.4 is 5.32 Å². The van der Waals surface area contributed by atoms with Gasteiger partial charge in [0, 0.05) is 33.2 Å². The van der Waals surface area contributed by atoms with Crippen LogP contribution in [-0.2, 0) is 0 Å². The third-order valence-electron chi connectivity index (χ3n) is 1.77. The normalized spacial score (nSPS) is 19.8. The zero-order valence-electron chi connectivity index (χ0n) is 6.51. The lowest BCUT2D eigenvalue weighted by Crippen LogP contribution is -2.51. The molecule has 1 fully saturated rings. The lowest BCUT2D eigenvalue weighted by molar-refractivity contribution is 0.0362. The molecule has 1 N–H and O–H groups in total. The molecule has 0 atom stereocenters. The lowest BCUT2D eigenvalue weighted by atomic mass is 10.4. The molecule has 64 valence electrons. The number of amides is 1. The fourth-order valence-corrected chi connectivity index (χ4v) is 1.17. The SMILES string of the molecule is CN(C(=O)Cl)N1CCNCC1. The van der Waals surface area contributed by atoms with Gasteiger partial charge in [0.1, 0.15) is 0 Å². The molecule has 1 amide bonds. The number of hydrogen-bond donors (Lipinski definition) is 1. The van der Waals surface area contributed by atoms with Gasteiger partial charge < -0.3 is 5.32 Å². The third kappa shape index (κ3) is 2.32. The highest BCUT2D eigenvalue weighted by Crippen LogP contribution is 2.00. The largest absolute Gasteiger partial charge is 0.330 e. The van der Waals surface area contributed by atoms with Crippen molar-refractivity contribution in [3.05, 3.63) is 0 Å². The zero-order chi connectivity index (χ0) is 8.27. The molecule has 1 aliphatic rings. The molecule has 0 aromatic rings. The summed E-state index contributed by atoms with van der Waals surface area (Å²) in [7, 11) is 1.68. The average Bonchev–Trinajstić information content (AvgIpc) is 2.05. The minimum atomic E-state index is -0.424. The van der Waals surface area contributed by atoms with Gasteiger partial charge in [0.05, 0.1) is 0 Å². The first kappa shape index (κ1) is 8.77. The van der Waals surface area contributed by atoms with Crippen LogP contribution in [0, 0.1) is 0 Å². The molecule has 11 heavy (non-hydrogen) atoms. The van der Waals surface area contributed by atoms with Gasteiger partial charge in [-0.05, 0) is 11.6 Å². The number of hydrogen-bond acceptors (Lipinski definition) is 3. The fourth-order valence-electron chi connectivity index (χ4n) is 1.06. The molecule has 0 spiro atoms. The average molecular weight is 178 g/mol. The molecule has 4 nitrogen and oxygen atoms in total. The van der Waals surface area contributed by atoms with E-state index in [0.29, 0.717) is 0 Å². The number of nitrogens with zero attached hydrogens (tertiary/aromatic N) is 2. The van der Waals surface area contributed by atoms with Crippen molar-refractivity contribution in [2.45, 2.75) is 0 Å². The van der Waals surface area contributed by atoms with Gasteiger partial charge in [-0.2, -0.15) is 0 Å². The van der Waals surface area contributed by atoms with Gasteiger partial charge in [-0.3, -0.25) is 9.80 Å². The van der Waals surface area contributed by atoms with Crippen molar-refractivity contribution in [3.63, 3.8) is 0 Å². The number of piperazine rings is 1. The van der Waals surface area contributed by atoms with Crippen LogP contribution in [0.3, 0.4) is 0 Å². The van der Waals surface area contributed by atoms with Crippen LogP contribution in [0.25, 0.3) is 0 Å². The van der Waals surface area contributed by atoms with Gasteiger partial charge in [0.2, 0.25) is 0 Å². The number of rotatable bonds is 1. The van der Waals surface area contributed by atoms with E-state index in [-0.39, 0.29) is 0 Å². The highest BCUT2D eigenvalue weighted by molar-refractivity contribution is 6.62. The van der Waals surface area contributed by atoms with Gasteiger partial charge in [-0.15, -0.1) is 0 Å². The Balaban J connectivity index is 2.38. The van der Waals surface area contributed by atoms with Crippen molar-refractivity contribution in [3.8, 4) is 0 Å². The van der Waals surface area contributed by atoms with E-state index >= 15 is 0 Å². The predicted octanol–water partition coefficient (Wildman–Crippen LogP) is 0.0972. The van der Waals surface area contributed by atoms with Crippen LogP contribution in [0.1, 0.15) is 0 Å². The molecule has 1 heterocycles. The van der Waals surface area contributed by atoms with E-state index in [2.05, 4.69) is 5.32 Å². The van der Waals surface area contributed by atoms with E-state index in [1.54, 1.807) is 7.05 Å². The summed E-state index contributed by atoms with van der Waals surface area (Å²) in [6.45, 7) is 3.51. The molecule has 0 aromatic carbocycles. The molecule has 1 aliphatic heterocycles. The van der Waals surface area contributed by atoms with Crippen molar-refractivity contribution in [1.29, 1.82) is 0 Å². The Labute approximate surface area is 71.1 Å². The Kier molecular flexibility index (Phi) is 3.11. The van der Waals surface area contributed by atoms with Crippen molar-refractivity contribution in [2.24, 2.45) is 0 Å². The smallest absolute Gasteiger partial charge is 0.314 e. The molecule has 5 heteroatoms. The molecule has 1 saturated heterocycles. The first-order valence-electron chi connectivity index (χ1n) is 3.60. The fraction of sp³-hybridized carbons (Fsp3) is 0.833. The van der Waals surface area contributed by atoms with Crippen LogP contribution in [0.15, 0.2) is 0 Å². The molecule has 1 rings (SSSR count). The maximum atomic E-state index is 10.7. The molecular weight excluding hydrogens is 166 g/mol. The van der Waals surface area contributed by atoms with Crippen LogP contribution in [0.4, 0.5) is 4.79 Å². The second kappa shape index (κ2) is 3.90. The second-order valence-corrected chi connectivity index (χ2v) is 2.80. The molecule has 0 bridgehead atoms. The maximum absolute atomic E-state index is 10.7. The summed E-state index contributed by atoms with van der Waals surface area (Å²) >= 11 is 5.29. The van der Waals surface area contributed by atoms with Gasteiger partial charge >= 0.3 is 5.37 Å². The summed E-state index contributed by atoms with van der Waals surface area (Å²) in [4.78, 5) is 10.7. The van der Waals surface area contributed by atoms with E-state index < -0.39 is 5.37 Å². The van der Waals surface area contributed by atoms with Crippen LogP contribution >= 0.6 is 11.6 Å². The maximum Gasteiger partial charge on any atom is 0.330 e. The summed E-state index contributed by atoms with van der Waals surface area (Å²) in [5.74, 6) is 0. The van der Waals surface area contributed by atoms with Crippen LogP contribution in [0.2, 0.25) is 0 Å². The number of halogens is 1. The minimum absolute atomic E-state index is 0.424. The van der Waals surface area contributed by atoms with Crippen LogP contribution in [0.5, 0.6) is 0 Å². The Hall–Kier alpha value is -0.320. The monoisotopic (exact) mass is 177 g/mol. The van der Waals surface area contributed by atoms with Gasteiger partial charge in [0.15, 0.2) is 0 Å². The third-order valence-corrected chi connectivity index (χ3v) is 2.02. The Bertz CT molecular complexity index is 147. The van der Waals surface area contributed by atoms with Gasteiger partial charge in [0.25, 0.3) is 0 Å². The number of carbonyl (C=O) groups is 1. The molecule has 0 saturated carbocycles. The van der Waals surface area contributed by atoms with Crippen molar-refractivity contribution in [2.75, 3.05) is 33.2 Å². The summed E-state index contributed by atoms with van der Waals surface area (Å²) < 4.78 is 0. The van der Waals surface area contributed by atoms with Crippen LogP contribution in [-0.4, -0.2) is 48.6 Å². The van der Waals surface area contributed by atoms with Crippen molar-refractivity contribution in [1.82, 2.24) is 15.3 Å². The molecule has 0 unspecified atom stereocenters. The Morgan fingerprint density at radius 1 is 1.55 bits per heavy atom. The Morgan fingerprint density at radius 2 is 2.09 bits per heavy atom. The molecule has 0 radical (unpaired) electrons. The van der Waals surface area contributed by atoms with Gasteiger partial charge in [-0.25, -0.2) is 5.01 Å².